The Labute approximate surface area is 238 Å². The van der Waals surface area contributed by atoms with Crippen molar-refractivity contribution in [2.24, 2.45) is 0 Å². The molecule has 0 saturated carbocycles. The molecule has 0 aliphatic heterocycles. The fraction of sp³-hybridized carbons (Fsp3) is 0.321. The average Bonchev–Trinajstić information content (AvgIpc) is 2.82. The standard InChI is InChI=1S/C28H35N4.2HI/c1-4-32(5-2,6-3)18-10-17-31-27-20-23(30)14-16-25(27)24-15-13-22(29)19-26(24)28(31)21-11-8-7-9-12-21;;/h7-9,11-16,19-20,30H,4-6,10,17-18,29H2,1-3H3;2*1H/q+1;;/p-1. The van der Waals surface area contributed by atoms with Gasteiger partial charge in [0.1, 0.15) is 0 Å². The van der Waals surface area contributed by atoms with Crippen LogP contribution in [0.25, 0.3) is 32.9 Å². The summed E-state index contributed by atoms with van der Waals surface area (Å²) in [6.07, 6.45) is 1.11. The predicted octanol–water partition coefficient (Wildman–Crippen LogP) is -0.613. The lowest BCUT2D eigenvalue weighted by Crippen LogP contribution is -3.00. The highest BCUT2D eigenvalue weighted by atomic mass is 127. The molecule has 0 bridgehead atoms. The van der Waals surface area contributed by atoms with Gasteiger partial charge in [0.25, 0.3) is 0 Å². The minimum absolute atomic E-state index is 0. The third kappa shape index (κ3) is 5.60. The summed E-state index contributed by atoms with van der Waals surface area (Å²) >= 11 is 0. The summed E-state index contributed by atoms with van der Waals surface area (Å²) in [7, 11) is 0. The van der Waals surface area contributed by atoms with Gasteiger partial charge in [0.2, 0.25) is 11.2 Å². The smallest absolute Gasteiger partial charge is 0.220 e. The van der Waals surface area contributed by atoms with Gasteiger partial charge in [-0.2, -0.15) is 4.57 Å². The van der Waals surface area contributed by atoms with Gasteiger partial charge < -0.3 is 63.9 Å². The fourth-order valence-electron chi connectivity index (χ4n) is 5.11. The lowest BCUT2D eigenvalue weighted by atomic mass is 9.98. The summed E-state index contributed by atoms with van der Waals surface area (Å²) in [6, 6.07) is 23.2. The topological polar surface area (TPSA) is 55.9 Å². The third-order valence-corrected chi connectivity index (χ3v) is 7.25. The van der Waals surface area contributed by atoms with E-state index in [1.54, 1.807) is 0 Å². The maximum absolute atomic E-state index is 6.28. The molecule has 4 rings (SSSR count). The Balaban J connectivity index is 0.00000204. The highest BCUT2D eigenvalue weighted by molar-refractivity contribution is 6.10. The number of rotatable bonds is 8. The van der Waals surface area contributed by atoms with Crippen LogP contribution in [-0.4, -0.2) is 30.7 Å². The second-order valence-corrected chi connectivity index (χ2v) is 8.82. The Morgan fingerprint density at radius 1 is 0.706 bits per heavy atom. The van der Waals surface area contributed by atoms with Crippen LogP contribution in [0.5, 0.6) is 0 Å². The molecule has 0 unspecified atom stereocenters. The van der Waals surface area contributed by atoms with E-state index in [2.05, 4.69) is 79.9 Å². The second kappa shape index (κ2) is 12.4. The number of quaternary nitrogens is 1. The van der Waals surface area contributed by atoms with Crippen molar-refractivity contribution < 1.29 is 57.0 Å². The van der Waals surface area contributed by atoms with E-state index >= 15 is 0 Å². The van der Waals surface area contributed by atoms with Crippen molar-refractivity contribution in [2.45, 2.75) is 33.7 Å². The average molecular weight is 682 g/mol. The number of halogens is 2. The minimum Gasteiger partial charge on any atom is -1.00 e. The molecule has 0 fully saturated rings. The molecule has 3 aromatic carbocycles. The first kappa shape index (κ1) is 28.6. The normalized spacial score (nSPS) is 11.3. The van der Waals surface area contributed by atoms with Crippen molar-refractivity contribution in [3.05, 3.63) is 66.7 Å². The van der Waals surface area contributed by atoms with E-state index in [1.165, 1.54) is 59.1 Å². The van der Waals surface area contributed by atoms with E-state index < -0.39 is 0 Å². The van der Waals surface area contributed by atoms with Crippen molar-refractivity contribution >= 4 is 33.1 Å². The summed E-state index contributed by atoms with van der Waals surface area (Å²) in [5.41, 5.74) is 17.7. The Morgan fingerprint density at radius 2 is 1.29 bits per heavy atom. The number of aromatic nitrogens is 1. The van der Waals surface area contributed by atoms with Crippen LogP contribution >= 0.6 is 0 Å². The van der Waals surface area contributed by atoms with E-state index in [9.17, 15) is 0 Å². The monoisotopic (exact) mass is 682 g/mol. The second-order valence-electron chi connectivity index (χ2n) is 8.82. The number of nitrogens with two attached hydrogens (primary N) is 2. The van der Waals surface area contributed by atoms with Gasteiger partial charge in [-0.25, -0.2) is 0 Å². The SMILES string of the molecule is CC[N+](CC)(CC)CCC[n+]1c(-c2ccccc2)c2cc(N)ccc2c2ccc(N)cc21.[I-].[I-]. The number of nitrogens with zero attached hydrogens (tertiary/aromatic N) is 2. The molecule has 0 saturated heterocycles. The van der Waals surface area contributed by atoms with Gasteiger partial charge in [0.05, 0.1) is 43.4 Å². The molecule has 182 valence electrons. The largest absolute Gasteiger partial charge is 1.00 e. The summed E-state index contributed by atoms with van der Waals surface area (Å²) < 4.78 is 3.63. The van der Waals surface area contributed by atoms with Crippen molar-refractivity contribution in [1.29, 1.82) is 0 Å². The Hall–Kier alpha value is -1.65. The van der Waals surface area contributed by atoms with Crippen LogP contribution in [0.3, 0.4) is 0 Å². The first-order valence-corrected chi connectivity index (χ1v) is 11.9. The first-order chi connectivity index (χ1) is 15.5. The summed E-state index contributed by atoms with van der Waals surface area (Å²) in [4.78, 5) is 0. The molecule has 1 aromatic heterocycles. The van der Waals surface area contributed by atoms with E-state index in [-0.39, 0.29) is 48.0 Å². The van der Waals surface area contributed by atoms with Gasteiger partial charge in [-0.3, -0.25) is 0 Å². The first-order valence-electron chi connectivity index (χ1n) is 11.9. The number of aryl methyl sites for hydroxylation is 1. The van der Waals surface area contributed by atoms with Crippen LogP contribution in [0.1, 0.15) is 27.2 Å². The molecule has 34 heavy (non-hydrogen) atoms. The van der Waals surface area contributed by atoms with Crippen LogP contribution in [0.2, 0.25) is 0 Å². The Bertz CT molecular complexity index is 1230. The van der Waals surface area contributed by atoms with Crippen LogP contribution < -0.4 is 64.0 Å². The van der Waals surface area contributed by atoms with Gasteiger partial charge in [0.15, 0.2) is 6.54 Å². The Kier molecular flexibility index (Phi) is 10.4. The van der Waals surface area contributed by atoms with Crippen LogP contribution in [0.15, 0.2) is 66.7 Å². The Morgan fingerprint density at radius 3 is 1.91 bits per heavy atom. The number of pyridine rings is 1. The van der Waals surface area contributed by atoms with Crippen LogP contribution in [-0.2, 0) is 6.54 Å². The zero-order valence-electron chi connectivity index (χ0n) is 20.4. The molecule has 6 heteroatoms. The third-order valence-electron chi connectivity index (χ3n) is 7.25. The number of hydrogen-bond acceptors (Lipinski definition) is 2. The van der Waals surface area contributed by atoms with Crippen molar-refractivity contribution in [1.82, 2.24) is 0 Å². The van der Waals surface area contributed by atoms with Gasteiger partial charge >= 0.3 is 0 Å². The van der Waals surface area contributed by atoms with Crippen molar-refractivity contribution in [2.75, 3.05) is 37.6 Å². The van der Waals surface area contributed by atoms with Gasteiger partial charge in [-0.1, -0.05) is 24.3 Å². The van der Waals surface area contributed by atoms with Gasteiger partial charge in [-0.15, -0.1) is 0 Å². The molecule has 0 amide bonds. The molecule has 0 radical (unpaired) electrons. The minimum atomic E-state index is 0. The van der Waals surface area contributed by atoms with Gasteiger partial charge in [0, 0.05) is 28.4 Å². The predicted molar refractivity (Wildman–Crippen MR) is 137 cm³/mol. The molecular formula is C28H36I2N4. The summed E-state index contributed by atoms with van der Waals surface area (Å²) in [5.74, 6) is 0. The van der Waals surface area contributed by atoms with Crippen molar-refractivity contribution in [3.8, 4) is 11.3 Å². The molecule has 0 atom stereocenters. The molecular weight excluding hydrogens is 646 g/mol. The number of benzene rings is 3. The number of fused-ring (bicyclic) bond motifs is 3. The summed E-state index contributed by atoms with van der Waals surface area (Å²) in [5, 5.41) is 3.62. The lowest BCUT2D eigenvalue weighted by molar-refractivity contribution is -0.925. The van der Waals surface area contributed by atoms with Gasteiger partial charge in [-0.05, 0) is 57.2 Å². The molecule has 0 aliphatic carbocycles. The number of hydrogen-bond donors (Lipinski definition) is 2. The molecule has 4 nitrogen and oxygen atoms in total. The van der Waals surface area contributed by atoms with Crippen LogP contribution in [0.4, 0.5) is 11.4 Å². The van der Waals surface area contributed by atoms with E-state index in [0.29, 0.717) is 0 Å². The van der Waals surface area contributed by atoms with E-state index in [0.717, 1.165) is 28.8 Å². The number of anilines is 2. The highest BCUT2D eigenvalue weighted by Gasteiger charge is 2.26. The molecule has 4 aromatic rings. The maximum Gasteiger partial charge on any atom is 0.220 e. The zero-order valence-corrected chi connectivity index (χ0v) is 24.7. The molecule has 0 aliphatic rings. The molecule has 0 spiro atoms. The quantitative estimate of drug-likeness (QED) is 0.0858. The highest BCUT2D eigenvalue weighted by Crippen LogP contribution is 2.33. The lowest BCUT2D eigenvalue weighted by Gasteiger charge is -2.35. The molecule has 4 N–H and O–H groups in total. The van der Waals surface area contributed by atoms with Crippen molar-refractivity contribution in [3.63, 3.8) is 0 Å². The van der Waals surface area contributed by atoms with Crippen LogP contribution in [0, 0.1) is 0 Å². The number of nitrogen functional groups attached to an aromatic ring is 2. The maximum atomic E-state index is 6.28. The van der Waals surface area contributed by atoms with E-state index in [1.807, 2.05) is 12.1 Å². The zero-order chi connectivity index (χ0) is 22.7. The molecule has 1 heterocycles. The fourth-order valence-corrected chi connectivity index (χ4v) is 5.11. The summed E-state index contributed by atoms with van der Waals surface area (Å²) in [6.45, 7) is 12.6. The van der Waals surface area contributed by atoms with E-state index in [4.69, 9.17) is 11.5 Å².